The zero-order valence-electron chi connectivity index (χ0n) is 11.4. The predicted molar refractivity (Wildman–Crippen MR) is 70.2 cm³/mol. The largest absolute Gasteiger partial charge is 0.493 e. The fourth-order valence-electron chi connectivity index (χ4n) is 1.73. The highest BCUT2D eigenvalue weighted by Gasteiger charge is 2.19. The first-order valence-electron chi connectivity index (χ1n) is 6.13. The summed E-state index contributed by atoms with van der Waals surface area (Å²) in [7, 11) is 0. The number of hydrogen-bond acceptors (Lipinski definition) is 5. The minimum atomic E-state index is -0.601. The van der Waals surface area contributed by atoms with Crippen molar-refractivity contribution in [1.29, 1.82) is 0 Å². The topological polar surface area (TPSA) is 72.8 Å². The molecule has 1 N–H and O–H groups in total. The zero-order chi connectivity index (χ0) is 14.4. The van der Waals surface area contributed by atoms with Gasteiger partial charge in [-0.05, 0) is 32.9 Å². The molecule has 0 spiro atoms. The third-order valence-corrected chi connectivity index (χ3v) is 2.48. The third-order valence-electron chi connectivity index (χ3n) is 2.48. The summed E-state index contributed by atoms with van der Waals surface area (Å²) in [6.07, 6.45) is 0. The van der Waals surface area contributed by atoms with Crippen molar-refractivity contribution in [3.05, 3.63) is 23.3 Å². The Kier molecular flexibility index (Phi) is 5.51. The molecule has 1 aromatic carbocycles. The Morgan fingerprint density at radius 1 is 1.11 bits per heavy atom. The molecule has 0 aliphatic carbocycles. The summed E-state index contributed by atoms with van der Waals surface area (Å²) in [5, 5.41) is 8.91. The fraction of sp³-hybridized carbons (Fsp3) is 0.429. The minimum absolute atomic E-state index is 0.199. The molecule has 1 aromatic rings. The number of ether oxygens (including phenoxy) is 2. The number of aliphatic hydroxyl groups is 1. The molecule has 0 atom stereocenters. The van der Waals surface area contributed by atoms with Crippen molar-refractivity contribution in [3.8, 4) is 11.5 Å². The van der Waals surface area contributed by atoms with Gasteiger partial charge in [-0.3, -0.25) is 9.59 Å². The van der Waals surface area contributed by atoms with Gasteiger partial charge in [0, 0.05) is 5.56 Å². The Balaban J connectivity index is 3.42. The van der Waals surface area contributed by atoms with E-state index in [9.17, 15) is 9.59 Å². The first-order chi connectivity index (χ1) is 9.04. The Morgan fingerprint density at radius 3 is 1.89 bits per heavy atom. The summed E-state index contributed by atoms with van der Waals surface area (Å²) >= 11 is 0. The van der Waals surface area contributed by atoms with E-state index in [0.29, 0.717) is 30.3 Å². The molecule has 0 heterocycles. The van der Waals surface area contributed by atoms with Crippen molar-refractivity contribution in [2.24, 2.45) is 0 Å². The molecule has 0 aliphatic heterocycles. The van der Waals surface area contributed by atoms with Crippen LogP contribution in [-0.4, -0.2) is 36.5 Å². The highest BCUT2D eigenvalue weighted by molar-refractivity contribution is 6.03. The summed E-state index contributed by atoms with van der Waals surface area (Å²) < 4.78 is 10.8. The van der Waals surface area contributed by atoms with Crippen LogP contribution < -0.4 is 9.47 Å². The highest BCUT2D eigenvalue weighted by atomic mass is 16.5. The Labute approximate surface area is 112 Å². The zero-order valence-corrected chi connectivity index (χ0v) is 11.4. The van der Waals surface area contributed by atoms with Crippen LogP contribution in [0.3, 0.4) is 0 Å². The van der Waals surface area contributed by atoms with Gasteiger partial charge in [0.25, 0.3) is 0 Å². The van der Waals surface area contributed by atoms with Crippen LogP contribution in [0, 0.1) is 0 Å². The second-order valence-electron chi connectivity index (χ2n) is 3.85. The maximum Gasteiger partial charge on any atom is 0.188 e. The van der Waals surface area contributed by atoms with Crippen molar-refractivity contribution < 1.29 is 24.2 Å². The molecule has 104 valence electrons. The van der Waals surface area contributed by atoms with E-state index in [4.69, 9.17) is 14.6 Å². The number of carbonyl (C=O) groups is 2. The summed E-state index contributed by atoms with van der Waals surface area (Å²) in [5.74, 6) is -0.0394. The monoisotopic (exact) mass is 266 g/mol. The lowest BCUT2D eigenvalue weighted by atomic mass is 10.0. The average Bonchev–Trinajstić information content (AvgIpc) is 2.37. The quantitative estimate of drug-likeness (QED) is 0.763. The van der Waals surface area contributed by atoms with Gasteiger partial charge in [0.15, 0.2) is 11.6 Å². The molecule has 0 radical (unpaired) electrons. The van der Waals surface area contributed by atoms with Crippen molar-refractivity contribution in [2.45, 2.75) is 20.8 Å². The molecule has 5 heteroatoms. The Morgan fingerprint density at radius 2 is 1.58 bits per heavy atom. The van der Waals surface area contributed by atoms with Crippen LogP contribution >= 0.6 is 0 Å². The molecule has 0 aromatic heterocycles. The number of benzene rings is 1. The molecular weight excluding hydrogens is 248 g/mol. The van der Waals surface area contributed by atoms with E-state index >= 15 is 0 Å². The van der Waals surface area contributed by atoms with Crippen molar-refractivity contribution >= 4 is 11.6 Å². The molecular formula is C14H18O5. The standard InChI is InChI=1S/C14H18O5/c1-4-18-12-6-10(11(17)8-15)7-13(19-5-2)14(12)9(3)16/h6-7,15H,4-5,8H2,1-3H3. The smallest absolute Gasteiger partial charge is 0.188 e. The van der Waals surface area contributed by atoms with Crippen molar-refractivity contribution in [2.75, 3.05) is 19.8 Å². The van der Waals surface area contributed by atoms with Gasteiger partial charge in [-0.2, -0.15) is 0 Å². The maximum absolute atomic E-state index is 11.7. The summed E-state index contributed by atoms with van der Waals surface area (Å²) in [5.41, 5.74) is 0.581. The lowest BCUT2D eigenvalue weighted by molar-refractivity contribution is 0.0901. The van der Waals surface area contributed by atoms with Crippen LogP contribution in [0.25, 0.3) is 0 Å². The van der Waals surface area contributed by atoms with Crippen LogP contribution in [0.4, 0.5) is 0 Å². The third kappa shape index (κ3) is 3.54. The van der Waals surface area contributed by atoms with Crippen LogP contribution in [0.15, 0.2) is 12.1 Å². The van der Waals surface area contributed by atoms with E-state index in [1.54, 1.807) is 13.8 Å². The molecule has 0 saturated carbocycles. The van der Waals surface area contributed by atoms with Gasteiger partial charge in [0.2, 0.25) is 0 Å². The van der Waals surface area contributed by atoms with E-state index in [2.05, 4.69) is 0 Å². The minimum Gasteiger partial charge on any atom is -0.493 e. The van der Waals surface area contributed by atoms with Gasteiger partial charge in [0.05, 0.1) is 13.2 Å². The van der Waals surface area contributed by atoms with E-state index in [1.807, 2.05) is 0 Å². The van der Waals surface area contributed by atoms with Crippen LogP contribution in [0.5, 0.6) is 11.5 Å². The first-order valence-corrected chi connectivity index (χ1v) is 6.13. The number of hydrogen-bond donors (Lipinski definition) is 1. The number of carbonyl (C=O) groups excluding carboxylic acids is 2. The molecule has 0 aliphatic rings. The molecule has 0 fully saturated rings. The van der Waals surface area contributed by atoms with Gasteiger partial charge in [-0.15, -0.1) is 0 Å². The van der Waals surface area contributed by atoms with Crippen LogP contribution in [0.2, 0.25) is 0 Å². The Bertz CT molecular complexity index is 452. The van der Waals surface area contributed by atoms with Gasteiger partial charge >= 0.3 is 0 Å². The highest BCUT2D eigenvalue weighted by Crippen LogP contribution is 2.31. The second kappa shape index (κ2) is 6.89. The van der Waals surface area contributed by atoms with Gasteiger partial charge in [-0.1, -0.05) is 0 Å². The Hall–Kier alpha value is -1.88. The fourth-order valence-corrected chi connectivity index (χ4v) is 1.73. The molecule has 0 bridgehead atoms. The molecule has 0 saturated heterocycles. The molecule has 0 amide bonds. The summed E-state index contributed by atoms with van der Waals surface area (Å²) in [4.78, 5) is 23.3. The predicted octanol–water partition coefficient (Wildman–Crippen LogP) is 1.86. The molecule has 5 nitrogen and oxygen atoms in total. The van der Waals surface area contributed by atoms with E-state index < -0.39 is 12.4 Å². The number of rotatable bonds is 7. The lowest BCUT2D eigenvalue weighted by Crippen LogP contribution is -2.10. The number of aliphatic hydroxyl groups excluding tert-OH is 1. The SMILES string of the molecule is CCOc1cc(C(=O)CO)cc(OCC)c1C(C)=O. The normalized spacial score (nSPS) is 10.1. The van der Waals surface area contributed by atoms with Crippen molar-refractivity contribution in [1.82, 2.24) is 0 Å². The number of Topliss-reactive ketones (excluding diaryl/α,β-unsaturated/α-hetero) is 2. The second-order valence-corrected chi connectivity index (χ2v) is 3.85. The van der Waals surface area contributed by atoms with Crippen molar-refractivity contribution in [3.63, 3.8) is 0 Å². The van der Waals surface area contributed by atoms with Gasteiger partial charge in [0.1, 0.15) is 23.7 Å². The average molecular weight is 266 g/mol. The summed E-state index contributed by atoms with van der Waals surface area (Å²) in [6.45, 7) is 5.10. The van der Waals surface area contributed by atoms with Gasteiger partial charge < -0.3 is 14.6 Å². The molecule has 19 heavy (non-hydrogen) atoms. The maximum atomic E-state index is 11.7. The van der Waals surface area contributed by atoms with E-state index in [-0.39, 0.29) is 11.3 Å². The van der Waals surface area contributed by atoms with Gasteiger partial charge in [-0.25, -0.2) is 0 Å². The first kappa shape index (κ1) is 15.2. The summed E-state index contributed by atoms with van der Waals surface area (Å²) in [6, 6.07) is 2.92. The van der Waals surface area contributed by atoms with E-state index in [1.165, 1.54) is 19.1 Å². The molecule has 0 unspecified atom stereocenters. The van der Waals surface area contributed by atoms with Crippen LogP contribution in [0.1, 0.15) is 41.5 Å². The number of ketones is 2. The van der Waals surface area contributed by atoms with Crippen LogP contribution in [-0.2, 0) is 0 Å². The lowest BCUT2D eigenvalue weighted by Gasteiger charge is -2.15. The molecule has 1 rings (SSSR count). The van der Waals surface area contributed by atoms with E-state index in [0.717, 1.165) is 0 Å².